The molecule has 2 N–H and O–H groups in total. The Balaban J connectivity index is 1.35. The Morgan fingerprint density at radius 2 is 1.97 bits per heavy atom. The molecule has 5 nitrogen and oxygen atoms in total. The van der Waals surface area contributed by atoms with Gasteiger partial charge in [0.05, 0.1) is 23.7 Å². The fourth-order valence-electron chi connectivity index (χ4n) is 8.61. The monoisotopic (exact) mass is 464 g/mol. The highest BCUT2D eigenvalue weighted by atomic mass is 19.1. The van der Waals surface area contributed by atoms with Crippen molar-refractivity contribution < 1.29 is 19.4 Å². The number of hydrogen-bond acceptors (Lipinski definition) is 4. The average molecular weight is 465 g/mol. The van der Waals surface area contributed by atoms with Gasteiger partial charge in [-0.25, -0.2) is 9.07 Å². The first kappa shape index (κ1) is 22.2. The van der Waals surface area contributed by atoms with Gasteiger partial charge in [-0.05, 0) is 103 Å². The van der Waals surface area contributed by atoms with Crippen molar-refractivity contribution in [3.8, 4) is 5.69 Å². The molecule has 0 radical (unpaired) electrons. The van der Waals surface area contributed by atoms with Crippen LogP contribution < -0.4 is 0 Å². The molecule has 3 fully saturated rings. The number of nitrogens with zero attached hydrogens (tertiary/aromatic N) is 2. The number of Topliss-reactive ketones (excluding diaryl/α,β-unsaturated/α-hetero) is 1. The number of hydrogen-bond donors (Lipinski definition) is 2. The predicted molar refractivity (Wildman–Crippen MR) is 127 cm³/mol. The minimum Gasteiger partial charge on any atom is -0.393 e. The standard InChI is InChI=1S/C28H33FN2O3/c1-27-12-16-14-30-31(19-6-4-18(29)5-7-19)23(16)11-17(27)3-8-20-21-9-10-22(25(34)15-32)28(21,2)13-24(33)26(20)27/h4-7,11,14,20-22,24,26,32-33H,3,8-10,12-13,15H2,1-2H3/t20?,21?,22?,24-,26?,27?,28?/m0/s1. The van der Waals surface area contributed by atoms with Crippen molar-refractivity contribution >= 4 is 11.9 Å². The van der Waals surface area contributed by atoms with Crippen molar-refractivity contribution in [1.29, 1.82) is 0 Å². The SMILES string of the molecule is CC12Cc3cnn(-c4ccc(F)cc4)c3C=C1CCC1C2[C@@H](O)CC2(C)C(C(=O)CO)CCC12. The molecule has 0 saturated heterocycles. The average Bonchev–Trinajstić information content (AvgIpc) is 3.36. The molecular formula is C28H33FN2O3. The number of halogens is 1. The zero-order valence-electron chi connectivity index (χ0n) is 19.9. The van der Waals surface area contributed by atoms with E-state index in [-0.39, 0.29) is 34.3 Å². The molecule has 0 spiro atoms. The number of benzene rings is 1. The van der Waals surface area contributed by atoms with Gasteiger partial charge in [0.25, 0.3) is 0 Å². The van der Waals surface area contributed by atoms with Crippen LogP contribution in [0.3, 0.4) is 0 Å². The number of ketones is 1. The first-order valence-electron chi connectivity index (χ1n) is 12.6. The van der Waals surface area contributed by atoms with Crippen molar-refractivity contribution in [3.05, 3.63) is 53.1 Å². The Hall–Kier alpha value is -2.31. The van der Waals surface area contributed by atoms with Gasteiger partial charge < -0.3 is 10.2 Å². The van der Waals surface area contributed by atoms with Gasteiger partial charge in [0.1, 0.15) is 12.4 Å². The highest BCUT2D eigenvalue weighted by molar-refractivity contribution is 5.83. The Labute approximate surface area is 199 Å². The summed E-state index contributed by atoms with van der Waals surface area (Å²) < 4.78 is 15.3. The van der Waals surface area contributed by atoms with Crippen LogP contribution in [0.5, 0.6) is 0 Å². The van der Waals surface area contributed by atoms with Gasteiger partial charge in [0, 0.05) is 5.92 Å². The largest absolute Gasteiger partial charge is 0.393 e. The van der Waals surface area contributed by atoms with Gasteiger partial charge in [0.2, 0.25) is 0 Å². The van der Waals surface area contributed by atoms with Gasteiger partial charge in [0.15, 0.2) is 5.78 Å². The van der Waals surface area contributed by atoms with Crippen molar-refractivity contribution in [2.45, 2.75) is 58.5 Å². The molecule has 34 heavy (non-hydrogen) atoms. The molecule has 1 heterocycles. The zero-order chi connectivity index (χ0) is 23.8. The van der Waals surface area contributed by atoms with Crippen LogP contribution in [0.4, 0.5) is 4.39 Å². The maximum Gasteiger partial charge on any atom is 0.161 e. The Kier molecular flexibility index (Phi) is 4.95. The lowest BCUT2D eigenvalue weighted by Crippen LogP contribution is -2.57. The summed E-state index contributed by atoms with van der Waals surface area (Å²) in [5, 5.41) is 25.8. The molecule has 4 aliphatic carbocycles. The number of aliphatic hydroxyl groups excluding tert-OH is 2. The van der Waals surface area contributed by atoms with Crippen molar-refractivity contribution in [3.63, 3.8) is 0 Å². The number of carbonyl (C=O) groups is 1. The summed E-state index contributed by atoms with van der Waals surface area (Å²) in [5.74, 6) is 0.464. The Morgan fingerprint density at radius 1 is 1.21 bits per heavy atom. The third kappa shape index (κ3) is 2.97. The highest BCUT2D eigenvalue weighted by Crippen LogP contribution is 2.66. The quantitative estimate of drug-likeness (QED) is 0.709. The molecule has 6 heteroatoms. The summed E-state index contributed by atoms with van der Waals surface area (Å²) >= 11 is 0. The molecule has 0 amide bonds. The molecule has 1 aromatic carbocycles. The third-order valence-electron chi connectivity index (χ3n) is 10.0. The summed E-state index contributed by atoms with van der Waals surface area (Å²) in [5.41, 5.74) is 4.06. The van der Waals surface area contributed by atoms with E-state index in [0.29, 0.717) is 18.3 Å². The van der Waals surface area contributed by atoms with Gasteiger partial charge in [-0.1, -0.05) is 19.4 Å². The number of rotatable bonds is 3. The van der Waals surface area contributed by atoms with Crippen LogP contribution in [0.15, 0.2) is 36.0 Å². The van der Waals surface area contributed by atoms with Gasteiger partial charge in [-0.2, -0.15) is 5.10 Å². The molecule has 0 aliphatic heterocycles. The lowest BCUT2D eigenvalue weighted by atomic mass is 9.46. The minimum atomic E-state index is -0.472. The van der Waals surface area contributed by atoms with Crippen LogP contribution in [0, 0.1) is 40.3 Å². The zero-order valence-corrected chi connectivity index (χ0v) is 19.9. The fourth-order valence-corrected chi connectivity index (χ4v) is 8.61. The smallest absolute Gasteiger partial charge is 0.161 e. The van der Waals surface area contributed by atoms with E-state index in [1.54, 1.807) is 12.1 Å². The normalized spacial score (nSPS) is 38.4. The molecule has 0 bridgehead atoms. The second-order valence-electron chi connectivity index (χ2n) is 11.6. The molecule has 3 saturated carbocycles. The number of carbonyl (C=O) groups excluding carboxylic acids is 1. The van der Waals surface area contributed by atoms with Crippen LogP contribution in [0.1, 0.15) is 57.2 Å². The van der Waals surface area contributed by atoms with E-state index in [4.69, 9.17) is 0 Å². The topological polar surface area (TPSA) is 75.3 Å². The molecule has 7 atom stereocenters. The van der Waals surface area contributed by atoms with E-state index in [0.717, 1.165) is 49.0 Å². The number of aromatic nitrogens is 2. The van der Waals surface area contributed by atoms with Crippen LogP contribution in [-0.2, 0) is 11.2 Å². The summed E-state index contributed by atoms with van der Waals surface area (Å²) in [6, 6.07) is 6.42. The van der Waals surface area contributed by atoms with E-state index in [1.165, 1.54) is 17.7 Å². The van der Waals surface area contributed by atoms with Crippen molar-refractivity contribution in [2.75, 3.05) is 6.61 Å². The van der Waals surface area contributed by atoms with Crippen molar-refractivity contribution in [2.24, 2.45) is 34.5 Å². The lowest BCUT2D eigenvalue weighted by molar-refractivity contribution is -0.144. The number of aliphatic hydroxyl groups is 2. The molecule has 2 aromatic rings. The van der Waals surface area contributed by atoms with E-state index >= 15 is 0 Å². The third-order valence-corrected chi connectivity index (χ3v) is 10.0. The van der Waals surface area contributed by atoms with E-state index in [9.17, 15) is 19.4 Å². The minimum absolute atomic E-state index is 0.0613. The predicted octanol–water partition coefficient (Wildman–Crippen LogP) is 4.34. The second-order valence-corrected chi connectivity index (χ2v) is 11.6. The first-order valence-corrected chi connectivity index (χ1v) is 12.6. The van der Waals surface area contributed by atoms with E-state index < -0.39 is 12.7 Å². The fraction of sp³-hybridized carbons (Fsp3) is 0.571. The lowest BCUT2D eigenvalue weighted by Gasteiger charge is -2.59. The number of allylic oxidation sites excluding steroid dienone is 1. The maximum absolute atomic E-state index is 13.4. The van der Waals surface area contributed by atoms with Gasteiger partial charge in [-0.3, -0.25) is 4.79 Å². The van der Waals surface area contributed by atoms with Crippen LogP contribution >= 0.6 is 0 Å². The molecule has 4 aliphatic rings. The van der Waals surface area contributed by atoms with Crippen LogP contribution in [-0.4, -0.2) is 38.5 Å². The molecule has 6 unspecified atom stereocenters. The highest BCUT2D eigenvalue weighted by Gasteiger charge is 2.63. The molecule has 1 aromatic heterocycles. The first-order chi connectivity index (χ1) is 16.3. The Morgan fingerprint density at radius 3 is 2.71 bits per heavy atom. The summed E-state index contributed by atoms with van der Waals surface area (Å²) in [6.45, 7) is 4.09. The summed E-state index contributed by atoms with van der Waals surface area (Å²) in [4.78, 5) is 12.5. The summed E-state index contributed by atoms with van der Waals surface area (Å²) in [6.07, 6.45) is 8.99. The molecule has 180 valence electrons. The summed E-state index contributed by atoms with van der Waals surface area (Å²) in [7, 11) is 0. The number of fused-ring (bicyclic) bond motifs is 6. The van der Waals surface area contributed by atoms with E-state index in [1.807, 2.05) is 10.9 Å². The van der Waals surface area contributed by atoms with Crippen LogP contribution in [0.2, 0.25) is 0 Å². The molecular weight excluding hydrogens is 431 g/mol. The van der Waals surface area contributed by atoms with E-state index in [2.05, 4.69) is 25.0 Å². The van der Waals surface area contributed by atoms with Crippen LogP contribution in [0.25, 0.3) is 11.8 Å². The maximum atomic E-state index is 13.4. The second kappa shape index (κ2) is 7.59. The van der Waals surface area contributed by atoms with Gasteiger partial charge in [-0.15, -0.1) is 0 Å². The molecule has 6 rings (SSSR count). The Bertz CT molecular complexity index is 1170. The van der Waals surface area contributed by atoms with Gasteiger partial charge >= 0.3 is 0 Å². The van der Waals surface area contributed by atoms with Crippen molar-refractivity contribution in [1.82, 2.24) is 9.78 Å².